The molecule has 9 fully saturated rings. The summed E-state index contributed by atoms with van der Waals surface area (Å²) in [5.74, 6) is 5.97. The molecule has 0 spiro atoms. The summed E-state index contributed by atoms with van der Waals surface area (Å²) in [6.07, 6.45) is 25.6. The molecule has 9 rings (SSSR count). The van der Waals surface area contributed by atoms with Crippen LogP contribution in [0.3, 0.4) is 0 Å². The molecule has 4 saturated carbocycles. The third-order valence-corrected chi connectivity index (χ3v) is 13.8. The Bertz CT molecular complexity index is 728. The molecular weight excluding hydrogens is 505 g/mol. The molecule has 0 radical (unpaired) electrons. The van der Waals surface area contributed by atoms with E-state index in [1.807, 2.05) is 0 Å². The molecule has 8 atom stereocenters. The van der Waals surface area contributed by atoms with E-state index in [9.17, 15) is 0 Å². The van der Waals surface area contributed by atoms with Crippen molar-refractivity contribution in [3.63, 3.8) is 0 Å². The van der Waals surface area contributed by atoms with Crippen LogP contribution in [0.4, 0.5) is 0 Å². The Kier molecular flexibility index (Phi) is 8.05. The van der Waals surface area contributed by atoms with Crippen molar-refractivity contribution < 1.29 is 2.85 Å². The van der Waals surface area contributed by atoms with Crippen LogP contribution in [0.2, 0.25) is 0 Å². The summed E-state index contributed by atoms with van der Waals surface area (Å²) in [5, 5.41) is 33.8. The fourth-order valence-electron chi connectivity index (χ4n) is 12.0. The van der Waals surface area contributed by atoms with Gasteiger partial charge in [-0.2, -0.15) is 0 Å². The molecule has 8 unspecified atom stereocenters. The fraction of sp³-hybridized carbons (Fsp3) is 1.00. The Morgan fingerprint density at radius 1 is 0.244 bits per heavy atom. The third-order valence-electron chi connectivity index (χ3n) is 13.8. The van der Waals surface area contributed by atoms with Crippen LogP contribution in [0.15, 0.2) is 0 Å². The van der Waals surface area contributed by atoms with E-state index in [2.05, 4.69) is 42.5 Å². The minimum Gasteiger partial charge on any atom is -1.00 e. The second-order valence-corrected chi connectivity index (χ2v) is 15.6. The average Bonchev–Trinajstić information content (AvgIpc) is 3.73. The zero-order valence-corrected chi connectivity index (χ0v) is 25.3. The fourth-order valence-corrected chi connectivity index (χ4v) is 12.0. The summed E-state index contributed by atoms with van der Waals surface area (Å²) in [6, 6.07) is 0. The van der Waals surface area contributed by atoms with Crippen LogP contribution in [-0.4, -0.2) is 59.4 Å². The maximum absolute atomic E-state index is 4.26. The van der Waals surface area contributed by atoms with Crippen molar-refractivity contribution in [2.24, 2.45) is 47.3 Å². The van der Waals surface area contributed by atoms with Gasteiger partial charge in [-0.3, -0.25) is 42.5 Å². The van der Waals surface area contributed by atoms with Crippen LogP contribution >= 0.6 is 0 Å². The van der Waals surface area contributed by atoms with E-state index in [0.29, 0.717) is 49.3 Å². The van der Waals surface area contributed by atoms with Gasteiger partial charge in [0.2, 0.25) is 0 Å². The molecule has 0 aromatic rings. The molecule has 5 heterocycles. The van der Waals surface area contributed by atoms with E-state index in [0.717, 1.165) is 47.3 Å². The van der Waals surface area contributed by atoms with E-state index >= 15 is 0 Å². The smallest absolute Gasteiger partial charge is 1.00 e. The molecule has 228 valence electrons. The standard InChI is InChI=1S/C32H56N8.Be.2H/c1-2-10-18-17(9-1)25-33-26(18)38-28-21-13-5-6-14-22(21)30(35-28)40-32-24-16-8-7-15-23(24)31(36-32)39-29-20-12-4-3-11-19(20)27(34-29)37-25;;;/h17-40H,1-16H2;;;/q;+2;2*-1. The Morgan fingerprint density at radius 2 is 0.366 bits per heavy atom. The summed E-state index contributed by atoms with van der Waals surface area (Å²) in [6.45, 7) is 0. The van der Waals surface area contributed by atoms with E-state index in [-0.39, 0.29) is 13.0 Å². The maximum atomic E-state index is 4.26. The van der Waals surface area contributed by atoms with Crippen molar-refractivity contribution in [3.05, 3.63) is 0 Å². The van der Waals surface area contributed by atoms with Gasteiger partial charge in [-0.25, -0.2) is 0 Å². The molecule has 9 heteroatoms. The molecule has 5 saturated heterocycles. The van der Waals surface area contributed by atoms with Crippen molar-refractivity contribution in [1.82, 2.24) is 42.5 Å². The second kappa shape index (κ2) is 11.7. The molecule has 9 aliphatic rings. The monoisotopic (exact) mass is 563 g/mol. The van der Waals surface area contributed by atoms with Crippen molar-refractivity contribution in [2.75, 3.05) is 0 Å². The van der Waals surface area contributed by atoms with Crippen LogP contribution in [0, 0.1) is 47.3 Å². The number of nitrogens with one attached hydrogen (secondary N) is 8. The van der Waals surface area contributed by atoms with Gasteiger partial charge in [0, 0.05) is 0 Å². The molecule has 8 N–H and O–H groups in total. The topological polar surface area (TPSA) is 96.2 Å². The van der Waals surface area contributed by atoms with Crippen LogP contribution in [0.1, 0.15) is 106 Å². The predicted octanol–water partition coefficient (Wildman–Crippen LogP) is 2.45. The first-order valence-electron chi connectivity index (χ1n) is 17.9. The maximum Gasteiger partial charge on any atom is 2.00 e. The van der Waals surface area contributed by atoms with Gasteiger partial charge < -0.3 is 2.85 Å². The molecule has 0 aromatic carbocycles. The Morgan fingerprint density at radius 3 is 0.488 bits per heavy atom. The zero-order chi connectivity index (χ0) is 26.2. The van der Waals surface area contributed by atoms with E-state index in [1.165, 1.54) is 103 Å². The Balaban J connectivity index is 0.00000110. The van der Waals surface area contributed by atoms with E-state index in [1.54, 1.807) is 0 Å². The zero-order valence-electron chi connectivity index (χ0n) is 27.3. The largest absolute Gasteiger partial charge is 2.00 e. The van der Waals surface area contributed by atoms with Crippen LogP contribution in [-0.2, 0) is 0 Å². The van der Waals surface area contributed by atoms with Crippen molar-refractivity contribution in [2.45, 2.75) is 152 Å². The normalized spacial score (nSPS) is 56.2. The van der Waals surface area contributed by atoms with Gasteiger partial charge in [0.1, 0.15) is 0 Å². The molecule has 8 nitrogen and oxygen atoms in total. The Labute approximate surface area is 254 Å². The number of rotatable bonds is 0. The third kappa shape index (κ3) is 4.91. The van der Waals surface area contributed by atoms with E-state index < -0.39 is 0 Å². The van der Waals surface area contributed by atoms with E-state index in [4.69, 9.17) is 0 Å². The average molecular weight is 564 g/mol. The SMILES string of the molecule is C1CCC2C3NC(NC4NC(NC5NC(NC6NC(N3)C3CCCCC63)C3CCCCC53)C3CCCCC43)C2C1.[Be+2].[H-].[H-]. The van der Waals surface area contributed by atoms with Crippen molar-refractivity contribution in [1.29, 1.82) is 0 Å². The second-order valence-electron chi connectivity index (χ2n) is 15.6. The molecule has 4 aliphatic carbocycles. The predicted molar refractivity (Wildman–Crippen MR) is 165 cm³/mol. The van der Waals surface area contributed by atoms with Gasteiger partial charge in [-0.1, -0.05) is 51.4 Å². The minimum atomic E-state index is 0. The molecule has 0 amide bonds. The molecule has 0 aromatic heterocycles. The Hall–Kier alpha value is -0.151. The summed E-state index contributed by atoms with van der Waals surface area (Å²) in [5.41, 5.74) is 0. The minimum absolute atomic E-state index is 0. The van der Waals surface area contributed by atoms with Gasteiger partial charge in [0.05, 0.1) is 49.3 Å². The van der Waals surface area contributed by atoms with Gasteiger partial charge in [0.15, 0.2) is 0 Å². The van der Waals surface area contributed by atoms with Gasteiger partial charge in [-0.15, -0.1) is 0 Å². The van der Waals surface area contributed by atoms with Crippen molar-refractivity contribution >= 4 is 10.1 Å². The summed E-state index contributed by atoms with van der Waals surface area (Å²) < 4.78 is 0. The first kappa shape index (κ1) is 28.3. The van der Waals surface area contributed by atoms with Crippen LogP contribution in [0.25, 0.3) is 0 Å². The van der Waals surface area contributed by atoms with Crippen molar-refractivity contribution in [3.8, 4) is 0 Å². The quantitative estimate of drug-likeness (QED) is 0.213. The number of hydrogen-bond donors (Lipinski definition) is 8. The first-order chi connectivity index (χ1) is 19.8. The molecule has 41 heavy (non-hydrogen) atoms. The van der Waals surface area contributed by atoms with Gasteiger partial charge >= 0.3 is 10.1 Å². The summed E-state index contributed by atoms with van der Waals surface area (Å²) >= 11 is 0. The first-order valence-corrected chi connectivity index (χ1v) is 17.9. The molecular formula is C32H58BeN8. The van der Waals surface area contributed by atoms with Crippen LogP contribution in [0.5, 0.6) is 0 Å². The summed E-state index contributed by atoms with van der Waals surface area (Å²) in [4.78, 5) is 0. The molecule has 5 aliphatic heterocycles. The van der Waals surface area contributed by atoms with Gasteiger partial charge in [-0.05, 0) is 98.7 Å². The number of hydrogen-bond acceptors (Lipinski definition) is 8. The molecule has 8 bridgehead atoms. The van der Waals surface area contributed by atoms with Crippen LogP contribution < -0.4 is 42.5 Å². The van der Waals surface area contributed by atoms with Gasteiger partial charge in [0.25, 0.3) is 0 Å². The number of fused-ring (bicyclic) bond motifs is 20. The summed E-state index contributed by atoms with van der Waals surface area (Å²) in [7, 11) is 0.